The summed E-state index contributed by atoms with van der Waals surface area (Å²) in [5.74, 6) is 0. The van der Waals surface area contributed by atoms with Crippen LogP contribution in [0.25, 0.3) is 0 Å². The predicted octanol–water partition coefficient (Wildman–Crippen LogP) is 2.77. The monoisotopic (exact) mass is 216 g/mol. The molecule has 0 radical (unpaired) electrons. The minimum absolute atomic E-state index is 0.209. The molecular weight excluding hydrogens is 207 g/mol. The van der Waals surface area contributed by atoms with Gasteiger partial charge in [0.2, 0.25) is 0 Å². The molecule has 2 N–H and O–H groups in total. The molecule has 4 heteroatoms. The summed E-state index contributed by atoms with van der Waals surface area (Å²) >= 11 is 11.9. The maximum absolute atomic E-state index is 6.06. The molecule has 0 saturated heterocycles. The van der Waals surface area contributed by atoms with Crippen LogP contribution in [0.3, 0.4) is 0 Å². The second-order valence-electron chi connectivity index (χ2n) is 3.13. The molecule has 0 aliphatic carbocycles. The number of anilines is 1. The summed E-state index contributed by atoms with van der Waals surface area (Å²) in [5.41, 5.74) is 2.75. The van der Waals surface area contributed by atoms with Crippen molar-refractivity contribution in [3.63, 3.8) is 0 Å². The molecule has 2 rings (SSSR count). The number of alkyl halides is 2. The van der Waals surface area contributed by atoms with Crippen molar-refractivity contribution in [2.24, 2.45) is 0 Å². The molecule has 2 nitrogen and oxygen atoms in total. The lowest BCUT2D eigenvalue weighted by atomic mass is 10.1. The Morgan fingerprint density at radius 2 is 2.08 bits per heavy atom. The van der Waals surface area contributed by atoms with Gasteiger partial charge in [-0.2, -0.15) is 0 Å². The minimum atomic E-state index is -0.295. The van der Waals surface area contributed by atoms with Gasteiger partial charge in [-0.25, -0.2) is 0 Å². The van der Waals surface area contributed by atoms with E-state index in [1.54, 1.807) is 0 Å². The molecule has 0 spiro atoms. The van der Waals surface area contributed by atoms with E-state index in [-0.39, 0.29) is 11.1 Å². The van der Waals surface area contributed by atoms with Gasteiger partial charge in [0, 0.05) is 11.3 Å². The van der Waals surface area contributed by atoms with Gasteiger partial charge in [-0.05, 0) is 18.6 Å². The average molecular weight is 217 g/mol. The van der Waals surface area contributed by atoms with E-state index in [1.165, 1.54) is 5.56 Å². The predicted molar refractivity (Wildman–Crippen MR) is 56.2 cm³/mol. The lowest BCUT2D eigenvalue weighted by molar-refractivity contribution is 0.642. The van der Waals surface area contributed by atoms with Gasteiger partial charge < -0.3 is 5.32 Å². The summed E-state index contributed by atoms with van der Waals surface area (Å²) in [6.07, 6.45) is 0. The van der Waals surface area contributed by atoms with Crippen LogP contribution in [0.5, 0.6) is 0 Å². The summed E-state index contributed by atoms with van der Waals surface area (Å²) in [4.78, 5) is 0. The molecule has 0 unspecified atom stereocenters. The van der Waals surface area contributed by atoms with Crippen LogP contribution in [-0.4, -0.2) is 5.62 Å². The van der Waals surface area contributed by atoms with E-state index in [0.717, 1.165) is 11.3 Å². The van der Waals surface area contributed by atoms with Crippen LogP contribution >= 0.6 is 23.2 Å². The largest absolute Gasteiger partial charge is 0.357 e. The Morgan fingerprint density at radius 1 is 1.31 bits per heavy atom. The first kappa shape index (κ1) is 9.13. The first-order valence-corrected chi connectivity index (χ1v) is 4.95. The highest BCUT2D eigenvalue weighted by molar-refractivity contribution is 6.24. The Balaban J connectivity index is 2.43. The summed E-state index contributed by atoms with van der Waals surface area (Å²) in [7, 11) is 0. The Morgan fingerprint density at radius 3 is 2.85 bits per heavy atom. The van der Waals surface area contributed by atoms with Gasteiger partial charge in [-0.1, -0.05) is 23.7 Å². The minimum Gasteiger partial charge on any atom is -0.357 e. The van der Waals surface area contributed by atoms with Crippen molar-refractivity contribution in [3.05, 3.63) is 29.3 Å². The van der Waals surface area contributed by atoms with E-state index >= 15 is 0 Å². The molecule has 13 heavy (non-hydrogen) atoms. The van der Waals surface area contributed by atoms with Crippen LogP contribution in [0, 0.1) is 6.92 Å². The van der Waals surface area contributed by atoms with E-state index in [1.807, 2.05) is 25.1 Å². The van der Waals surface area contributed by atoms with Crippen molar-refractivity contribution in [2.45, 2.75) is 18.0 Å². The van der Waals surface area contributed by atoms with Gasteiger partial charge >= 0.3 is 0 Å². The fraction of sp³-hybridized carbons (Fsp3) is 0.333. The molecule has 70 valence electrons. The smallest absolute Gasteiger partial charge is 0.156 e. The third kappa shape index (κ3) is 1.75. The third-order valence-corrected chi connectivity index (χ3v) is 2.65. The standard InChI is InChI=1S/C9H10Cl2N2/c1-5-2-3-6-7(4-5)12-9(11)13-8(6)10/h2-4,8-9,12-13H,1H3/t8-,9-/m0/s1. The van der Waals surface area contributed by atoms with Crippen molar-refractivity contribution in [3.8, 4) is 0 Å². The molecule has 1 aliphatic rings. The molecule has 1 aliphatic heterocycles. The molecule has 2 atom stereocenters. The number of aryl methyl sites for hydroxylation is 1. The first-order chi connectivity index (χ1) is 6.16. The van der Waals surface area contributed by atoms with Crippen molar-refractivity contribution in [2.75, 3.05) is 5.32 Å². The highest BCUT2D eigenvalue weighted by atomic mass is 35.5. The second kappa shape index (κ2) is 3.37. The highest BCUT2D eigenvalue weighted by Crippen LogP contribution is 2.31. The van der Waals surface area contributed by atoms with Gasteiger partial charge in [0.15, 0.2) is 5.62 Å². The Kier molecular flexibility index (Phi) is 2.37. The SMILES string of the molecule is Cc1ccc2c(c1)N[C@H](Cl)N[C@@H]2Cl. The molecule has 1 aromatic rings. The lowest BCUT2D eigenvalue weighted by Crippen LogP contribution is -2.37. The molecule has 1 heterocycles. The van der Waals surface area contributed by atoms with Gasteiger partial charge in [-0.15, -0.1) is 11.6 Å². The summed E-state index contributed by atoms with van der Waals surface area (Å²) < 4.78 is 0. The van der Waals surface area contributed by atoms with Crippen LogP contribution in [-0.2, 0) is 0 Å². The topological polar surface area (TPSA) is 24.1 Å². The van der Waals surface area contributed by atoms with E-state index in [0.29, 0.717) is 0 Å². The summed E-state index contributed by atoms with van der Waals surface area (Å²) in [5, 5.41) is 6.08. The van der Waals surface area contributed by atoms with Gasteiger partial charge in [0.05, 0.1) is 0 Å². The zero-order valence-electron chi connectivity index (χ0n) is 7.14. The third-order valence-electron chi connectivity index (χ3n) is 2.06. The average Bonchev–Trinajstić information content (AvgIpc) is 2.02. The van der Waals surface area contributed by atoms with Crippen LogP contribution < -0.4 is 10.6 Å². The van der Waals surface area contributed by atoms with E-state index in [9.17, 15) is 0 Å². The van der Waals surface area contributed by atoms with Crippen molar-refractivity contribution < 1.29 is 0 Å². The molecular formula is C9H10Cl2N2. The Bertz CT molecular complexity index is 327. The number of halogens is 2. The highest BCUT2D eigenvalue weighted by Gasteiger charge is 2.21. The molecule has 0 fully saturated rings. The number of fused-ring (bicyclic) bond motifs is 1. The van der Waals surface area contributed by atoms with Crippen molar-refractivity contribution in [1.29, 1.82) is 0 Å². The van der Waals surface area contributed by atoms with Crippen LogP contribution in [0.1, 0.15) is 16.6 Å². The number of benzene rings is 1. The van der Waals surface area contributed by atoms with E-state index in [4.69, 9.17) is 23.2 Å². The van der Waals surface area contributed by atoms with E-state index < -0.39 is 0 Å². The maximum atomic E-state index is 6.06. The molecule has 1 aromatic carbocycles. The zero-order chi connectivity index (χ0) is 9.42. The van der Waals surface area contributed by atoms with Gasteiger partial charge in [-0.3, -0.25) is 5.32 Å². The Labute approximate surface area is 87.2 Å². The summed E-state index contributed by atoms with van der Waals surface area (Å²) in [6.45, 7) is 2.04. The normalized spacial score (nSPS) is 26.4. The van der Waals surface area contributed by atoms with Gasteiger partial charge in [0.25, 0.3) is 0 Å². The second-order valence-corrected chi connectivity index (χ2v) is 4.00. The van der Waals surface area contributed by atoms with Crippen LogP contribution in [0.15, 0.2) is 18.2 Å². The Hall–Kier alpha value is -0.440. The van der Waals surface area contributed by atoms with Crippen molar-refractivity contribution in [1.82, 2.24) is 5.32 Å². The quantitative estimate of drug-likeness (QED) is 0.515. The zero-order valence-corrected chi connectivity index (χ0v) is 8.65. The fourth-order valence-corrected chi connectivity index (χ4v) is 2.04. The maximum Gasteiger partial charge on any atom is 0.156 e. The van der Waals surface area contributed by atoms with Crippen LogP contribution in [0.4, 0.5) is 5.69 Å². The van der Waals surface area contributed by atoms with Crippen LogP contribution in [0.2, 0.25) is 0 Å². The first-order valence-electron chi connectivity index (χ1n) is 4.08. The number of hydrogen-bond acceptors (Lipinski definition) is 2. The van der Waals surface area contributed by atoms with Gasteiger partial charge in [0.1, 0.15) is 5.50 Å². The van der Waals surface area contributed by atoms with Crippen molar-refractivity contribution >= 4 is 28.9 Å². The molecule has 0 aromatic heterocycles. The fourth-order valence-electron chi connectivity index (χ4n) is 1.41. The molecule has 0 bridgehead atoms. The lowest BCUT2D eigenvalue weighted by Gasteiger charge is -2.28. The molecule has 0 amide bonds. The van der Waals surface area contributed by atoms with E-state index in [2.05, 4.69) is 10.6 Å². The molecule has 0 saturated carbocycles. The number of nitrogens with one attached hydrogen (secondary N) is 2. The number of rotatable bonds is 0. The number of hydrogen-bond donors (Lipinski definition) is 2. The summed E-state index contributed by atoms with van der Waals surface area (Å²) in [6, 6.07) is 6.08.